The van der Waals surface area contributed by atoms with Crippen LogP contribution in [-0.2, 0) is 19.1 Å². The molecule has 5 heteroatoms. The zero-order valence-corrected chi connectivity index (χ0v) is 10.8. The van der Waals surface area contributed by atoms with E-state index in [0.717, 1.165) is 10.5 Å². The highest BCUT2D eigenvalue weighted by Crippen LogP contribution is 2.34. The third kappa shape index (κ3) is 2.36. The summed E-state index contributed by atoms with van der Waals surface area (Å²) in [6.07, 6.45) is 0. The molecule has 0 N–H and O–H groups in total. The second-order valence-electron chi connectivity index (χ2n) is 4.49. The Hall–Kier alpha value is -2.17. The summed E-state index contributed by atoms with van der Waals surface area (Å²) in [4.78, 5) is 36.5. The average molecular weight is 261 g/mol. The summed E-state index contributed by atoms with van der Waals surface area (Å²) in [6.45, 7) is 1.54. The molecule has 0 spiro atoms. The smallest absolute Gasteiger partial charge is 0.318 e. The van der Waals surface area contributed by atoms with Gasteiger partial charge in [0.25, 0.3) is 0 Å². The number of likely N-dealkylation sites (tertiary alicyclic amines) is 1. The zero-order chi connectivity index (χ0) is 14.0. The molecule has 0 aromatic heterocycles. The van der Waals surface area contributed by atoms with Gasteiger partial charge in [-0.25, -0.2) is 0 Å². The van der Waals surface area contributed by atoms with Gasteiger partial charge in [-0.15, -0.1) is 0 Å². The Morgan fingerprint density at radius 1 is 1.26 bits per heavy atom. The van der Waals surface area contributed by atoms with Crippen LogP contribution >= 0.6 is 0 Å². The van der Waals surface area contributed by atoms with Crippen molar-refractivity contribution in [1.29, 1.82) is 0 Å². The van der Waals surface area contributed by atoms with E-state index in [4.69, 9.17) is 0 Å². The van der Waals surface area contributed by atoms with Crippen LogP contribution in [0.15, 0.2) is 30.3 Å². The molecular weight excluding hydrogens is 246 g/mol. The number of imide groups is 1. The fourth-order valence-electron chi connectivity index (χ4n) is 2.41. The topological polar surface area (TPSA) is 63.7 Å². The van der Waals surface area contributed by atoms with Crippen molar-refractivity contribution in [3.8, 4) is 0 Å². The highest BCUT2D eigenvalue weighted by molar-refractivity contribution is 6.07. The summed E-state index contributed by atoms with van der Waals surface area (Å²) in [5.41, 5.74) is 0.856. The first-order chi connectivity index (χ1) is 9.06. The van der Waals surface area contributed by atoms with Crippen molar-refractivity contribution in [3.05, 3.63) is 35.9 Å². The molecule has 2 amide bonds. The summed E-state index contributed by atoms with van der Waals surface area (Å²) in [6, 6.07) is 9.22. The number of methoxy groups -OCH3 is 1. The van der Waals surface area contributed by atoms with Gasteiger partial charge in [0.15, 0.2) is 0 Å². The molecular formula is C14H15NO4. The second-order valence-corrected chi connectivity index (χ2v) is 4.49. The first-order valence-electron chi connectivity index (χ1n) is 6.01. The molecule has 0 aliphatic carbocycles. The van der Waals surface area contributed by atoms with Crippen LogP contribution in [0.4, 0.5) is 0 Å². The fraction of sp³-hybridized carbons (Fsp3) is 0.357. The minimum atomic E-state index is -0.934. The number of ether oxygens (including phenoxy) is 1. The normalized spacial score (nSPS) is 22.4. The number of hydrogen-bond acceptors (Lipinski definition) is 4. The molecule has 0 unspecified atom stereocenters. The molecule has 2 rings (SSSR count). The maximum absolute atomic E-state index is 12.1. The van der Waals surface area contributed by atoms with Crippen LogP contribution in [0, 0.1) is 5.92 Å². The van der Waals surface area contributed by atoms with Crippen LogP contribution in [0.3, 0.4) is 0 Å². The highest BCUT2D eigenvalue weighted by Gasteiger charge is 2.47. The molecule has 1 heterocycles. The van der Waals surface area contributed by atoms with Crippen molar-refractivity contribution in [2.24, 2.45) is 5.92 Å². The van der Waals surface area contributed by atoms with E-state index in [9.17, 15) is 14.4 Å². The van der Waals surface area contributed by atoms with Crippen molar-refractivity contribution >= 4 is 17.8 Å². The standard InChI is InChI=1S/C14H15NO4/c1-9(16)15-8-11(10-6-4-3-5-7-10)12(13(15)17)14(18)19-2/h3-7,11-12H,8H2,1-2H3/t11-,12-/m1/s1. The van der Waals surface area contributed by atoms with Gasteiger partial charge >= 0.3 is 5.97 Å². The zero-order valence-electron chi connectivity index (χ0n) is 10.8. The lowest BCUT2D eigenvalue weighted by Gasteiger charge is -2.14. The molecule has 0 radical (unpaired) electrons. The minimum absolute atomic E-state index is 0.220. The van der Waals surface area contributed by atoms with Gasteiger partial charge in [-0.3, -0.25) is 19.3 Å². The van der Waals surface area contributed by atoms with Gasteiger partial charge in [-0.05, 0) is 5.56 Å². The van der Waals surface area contributed by atoms with Crippen molar-refractivity contribution in [3.63, 3.8) is 0 Å². The second kappa shape index (κ2) is 5.22. The molecule has 0 saturated carbocycles. The Morgan fingerprint density at radius 3 is 2.42 bits per heavy atom. The molecule has 2 atom stereocenters. The van der Waals surface area contributed by atoms with Gasteiger partial charge < -0.3 is 4.74 Å². The van der Waals surface area contributed by atoms with Gasteiger partial charge in [0.1, 0.15) is 5.92 Å². The van der Waals surface area contributed by atoms with Crippen molar-refractivity contribution in [1.82, 2.24) is 4.90 Å². The largest absolute Gasteiger partial charge is 0.468 e. The Bertz CT molecular complexity index is 511. The molecule has 5 nitrogen and oxygen atoms in total. The van der Waals surface area contributed by atoms with E-state index in [1.54, 1.807) is 0 Å². The van der Waals surface area contributed by atoms with E-state index < -0.39 is 17.8 Å². The van der Waals surface area contributed by atoms with Gasteiger partial charge in [0, 0.05) is 19.4 Å². The van der Waals surface area contributed by atoms with E-state index >= 15 is 0 Å². The summed E-state index contributed by atoms with van der Waals surface area (Å²) < 4.78 is 4.69. The van der Waals surface area contributed by atoms with E-state index in [1.165, 1.54) is 14.0 Å². The maximum atomic E-state index is 12.1. The fourth-order valence-corrected chi connectivity index (χ4v) is 2.41. The first-order valence-corrected chi connectivity index (χ1v) is 6.01. The molecule has 19 heavy (non-hydrogen) atoms. The van der Waals surface area contributed by atoms with Crippen molar-refractivity contribution in [2.45, 2.75) is 12.8 Å². The summed E-state index contributed by atoms with van der Waals surface area (Å²) in [5, 5.41) is 0. The van der Waals surface area contributed by atoms with Crippen molar-refractivity contribution in [2.75, 3.05) is 13.7 Å². The number of hydrogen-bond donors (Lipinski definition) is 0. The molecule has 1 aromatic rings. The lowest BCUT2D eigenvalue weighted by Crippen LogP contribution is -2.34. The quantitative estimate of drug-likeness (QED) is 0.587. The monoisotopic (exact) mass is 261 g/mol. The Kier molecular flexibility index (Phi) is 3.64. The third-order valence-corrected chi connectivity index (χ3v) is 3.38. The van der Waals surface area contributed by atoms with E-state index in [0.29, 0.717) is 0 Å². The Balaban J connectivity index is 2.38. The number of nitrogens with zero attached hydrogens (tertiary/aromatic N) is 1. The minimum Gasteiger partial charge on any atom is -0.468 e. The predicted octanol–water partition coefficient (Wildman–Crippen LogP) is 0.948. The maximum Gasteiger partial charge on any atom is 0.318 e. The molecule has 1 aliphatic rings. The Labute approximate surface area is 111 Å². The summed E-state index contributed by atoms with van der Waals surface area (Å²) in [5.74, 6) is -2.70. The summed E-state index contributed by atoms with van der Waals surface area (Å²) in [7, 11) is 1.24. The lowest BCUT2D eigenvalue weighted by molar-refractivity contribution is -0.152. The van der Waals surface area contributed by atoms with E-state index in [1.807, 2.05) is 30.3 Å². The highest BCUT2D eigenvalue weighted by atomic mass is 16.5. The first kappa shape index (κ1) is 13.3. The number of esters is 1. The number of carbonyl (C=O) groups is 3. The van der Waals surface area contributed by atoms with E-state index in [-0.39, 0.29) is 18.4 Å². The van der Waals surface area contributed by atoms with Gasteiger partial charge in [-0.2, -0.15) is 0 Å². The number of rotatable bonds is 2. The number of carbonyl (C=O) groups excluding carboxylic acids is 3. The molecule has 1 fully saturated rings. The Morgan fingerprint density at radius 2 is 1.89 bits per heavy atom. The van der Waals surface area contributed by atoms with Crippen LogP contribution in [0.2, 0.25) is 0 Å². The summed E-state index contributed by atoms with van der Waals surface area (Å²) >= 11 is 0. The molecule has 0 bridgehead atoms. The van der Waals surface area contributed by atoms with Gasteiger partial charge in [0.05, 0.1) is 7.11 Å². The van der Waals surface area contributed by atoms with Crippen LogP contribution in [0.25, 0.3) is 0 Å². The predicted molar refractivity (Wildman–Crippen MR) is 67.1 cm³/mol. The van der Waals surface area contributed by atoms with Gasteiger partial charge in [-0.1, -0.05) is 30.3 Å². The molecule has 1 saturated heterocycles. The molecule has 100 valence electrons. The van der Waals surface area contributed by atoms with E-state index in [2.05, 4.69) is 4.74 Å². The lowest BCUT2D eigenvalue weighted by atomic mass is 9.89. The average Bonchev–Trinajstić information content (AvgIpc) is 2.77. The number of amides is 2. The van der Waals surface area contributed by atoms with Crippen LogP contribution in [0.1, 0.15) is 18.4 Å². The number of benzene rings is 1. The van der Waals surface area contributed by atoms with Crippen molar-refractivity contribution < 1.29 is 19.1 Å². The van der Waals surface area contributed by atoms with Crippen LogP contribution < -0.4 is 0 Å². The molecule has 1 aliphatic heterocycles. The van der Waals surface area contributed by atoms with Crippen LogP contribution in [0.5, 0.6) is 0 Å². The SMILES string of the molecule is COC(=O)[C@H]1C(=O)N(C(C)=O)C[C@@H]1c1ccccc1. The molecule has 1 aromatic carbocycles. The van der Waals surface area contributed by atoms with Gasteiger partial charge in [0.2, 0.25) is 11.8 Å². The van der Waals surface area contributed by atoms with Crippen LogP contribution in [-0.4, -0.2) is 36.3 Å². The third-order valence-electron chi connectivity index (χ3n) is 3.38.